The van der Waals surface area contributed by atoms with Crippen LogP contribution < -0.4 is 0 Å². The molecule has 0 saturated carbocycles. The molecule has 0 saturated heterocycles. The first-order valence-electron chi connectivity index (χ1n) is 20.8. The summed E-state index contributed by atoms with van der Waals surface area (Å²) < 4.78 is 2.35. The van der Waals surface area contributed by atoms with Gasteiger partial charge in [0.15, 0.2) is 5.82 Å². The molecular weight excluding hydrogens is 739 g/mol. The number of para-hydroxylation sites is 2. The molecule has 2 aromatic heterocycles. The fourth-order valence-corrected chi connectivity index (χ4v) is 9.30. The predicted molar refractivity (Wildman–Crippen MR) is 256 cm³/mol. The maximum absolute atomic E-state index is 5.41. The Kier molecular flexibility index (Phi) is 8.17. The minimum atomic E-state index is 0.697. The van der Waals surface area contributed by atoms with Gasteiger partial charge < -0.3 is 4.57 Å². The molecule has 0 aliphatic rings. The summed E-state index contributed by atoms with van der Waals surface area (Å²) in [6.07, 6.45) is 0. The molecule has 0 amide bonds. The van der Waals surface area contributed by atoms with Crippen LogP contribution in [0, 0.1) is 0 Å². The lowest BCUT2D eigenvalue weighted by Gasteiger charge is -2.15. The van der Waals surface area contributed by atoms with Gasteiger partial charge in [0.25, 0.3) is 0 Å². The quantitative estimate of drug-likeness (QED) is 0.158. The van der Waals surface area contributed by atoms with Crippen molar-refractivity contribution in [3.8, 4) is 61.7 Å². The van der Waals surface area contributed by atoms with E-state index in [-0.39, 0.29) is 0 Å². The van der Waals surface area contributed by atoms with Crippen molar-refractivity contribution in [2.24, 2.45) is 0 Å². The summed E-state index contributed by atoms with van der Waals surface area (Å²) in [5, 5.41) is 8.23. The Morgan fingerprint density at radius 3 is 1.52 bits per heavy atom. The van der Waals surface area contributed by atoms with Crippen LogP contribution in [-0.4, -0.2) is 14.5 Å². The van der Waals surface area contributed by atoms with Crippen molar-refractivity contribution >= 4 is 54.3 Å². The minimum absolute atomic E-state index is 0.697. The van der Waals surface area contributed by atoms with Crippen molar-refractivity contribution in [3.05, 3.63) is 224 Å². The largest absolute Gasteiger partial charge is 0.309 e. The SMILES string of the molecule is c1ccc(-c2ccc(-c3cccc4cccc(-c5ccc(-c6nc(-c7cccc(-n8c9ccccc9c9ccccc98)c7)nc7c6ccc6ccccc67)cc5)c34)cc2)cc1. The third kappa shape index (κ3) is 5.90. The van der Waals surface area contributed by atoms with Gasteiger partial charge >= 0.3 is 0 Å². The van der Waals surface area contributed by atoms with E-state index in [1.807, 2.05) is 0 Å². The van der Waals surface area contributed by atoms with E-state index in [4.69, 9.17) is 9.97 Å². The third-order valence-electron chi connectivity index (χ3n) is 12.2. The van der Waals surface area contributed by atoms with Gasteiger partial charge in [0, 0.05) is 38.4 Å². The zero-order valence-electron chi connectivity index (χ0n) is 33.2. The number of aromatic nitrogens is 3. The summed E-state index contributed by atoms with van der Waals surface area (Å²) in [5.74, 6) is 0.697. The standard InChI is InChI=1S/C58H37N3/c1-2-13-38(14-3-1)39-27-29-41(30-28-39)47-23-11-16-43-17-12-24-48(55(43)47)42-31-33-44(34-32-42)56-52-36-35-40-15-4-5-20-49(40)57(52)60-58(59-56)45-18-10-19-46(37-45)61-53-25-8-6-21-50(53)51-22-7-9-26-54(51)61/h1-37H. The average Bonchev–Trinajstić information content (AvgIpc) is 3.68. The highest BCUT2D eigenvalue weighted by Gasteiger charge is 2.17. The van der Waals surface area contributed by atoms with Crippen molar-refractivity contribution < 1.29 is 0 Å². The van der Waals surface area contributed by atoms with E-state index in [1.165, 1.54) is 60.4 Å². The highest BCUT2D eigenvalue weighted by molar-refractivity contribution is 6.11. The first-order chi connectivity index (χ1) is 30.2. The lowest BCUT2D eigenvalue weighted by atomic mass is 9.90. The summed E-state index contributed by atoms with van der Waals surface area (Å²) in [6, 6.07) is 80.5. The Balaban J connectivity index is 0.984. The monoisotopic (exact) mass is 775 g/mol. The van der Waals surface area contributed by atoms with Crippen LogP contribution >= 0.6 is 0 Å². The predicted octanol–water partition coefficient (Wildman–Crippen LogP) is 15.4. The van der Waals surface area contributed by atoms with Gasteiger partial charge in [-0.2, -0.15) is 0 Å². The molecule has 0 unspecified atom stereocenters. The van der Waals surface area contributed by atoms with Gasteiger partial charge in [-0.15, -0.1) is 0 Å². The molecule has 12 aromatic rings. The van der Waals surface area contributed by atoms with Crippen LogP contribution in [0.3, 0.4) is 0 Å². The summed E-state index contributed by atoms with van der Waals surface area (Å²) in [5.41, 5.74) is 14.5. The van der Waals surface area contributed by atoms with Crippen LogP contribution in [0.1, 0.15) is 0 Å². The molecule has 0 bridgehead atoms. The van der Waals surface area contributed by atoms with E-state index in [1.54, 1.807) is 0 Å². The zero-order valence-corrected chi connectivity index (χ0v) is 33.2. The van der Waals surface area contributed by atoms with Gasteiger partial charge in [-0.25, -0.2) is 9.97 Å². The Bertz CT molecular complexity index is 3560. The number of hydrogen-bond acceptors (Lipinski definition) is 2. The molecule has 12 rings (SSSR count). The van der Waals surface area contributed by atoms with Gasteiger partial charge in [0.1, 0.15) is 0 Å². The molecule has 0 spiro atoms. The molecule has 0 aliphatic carbocycles. The van der Waals surface area contributed by atoms with Crippen LogP contribution in [0.15, 0.2) is 224 Å². The van der Waals surface area contributed by atoms with E-state index in [0.29, 0.717) is 5.82 Å². The molecule has 0 aliphatic heterocycles. The maximum Gasteiger partial charge on any atom is 0.160 e. The maximum atomic E-state index is 5.41. The Labute approximate surface area is 353 Å². The summed E-state index contributed by atoms with van der Waals surface area (Å²) in [7, 11) is 0. The summed E-state index contributed by atoms with van der Waals surface area (Å²) >= 11 is 0. The van der Waals surface area contributed by atoms with Gasteiger partial charge in [-0.05, 0) is 79.9 Å². The van der Waals surface area contributed by atoms with Crippen LogP contribution in [0.2, 0.25) is 0 Å². The van der Waals surface area contributed by atoms with Crippen molar-refractivity contribution in [3.63, 3.8) is 0 Å². The lowest BCUT2D eigenvalue weighted by Crippen LogP contribution is -1.98. The molecule has 61 heavy (non-hydrogen) atoms. The topological polar surface area (TPSA) is 30.7 Å². The first-order valence-corrected chi connectivity index (χ1v) is 20.8. The molecular formula is C58H37N3. The third-order valence-corrected chi connectivity index (χ3v) is 12.2. The van der Waals surface area contributed by atoms with E-state index >= 15 is 0 Å². The second kappa shape index (κ2) is 14.3. The van der Waals surface area contributed by atoms with Crippen molar-refractivity contribution in [1.29, 1.82) is 0 Å². The van der Waals surface area contributed by atoms with E-state index in [9.17, 15) is 0 Å². The molecule has 0 radical (unpaired) electrons. The van der Waals surface area contributed by atoms with Crippen LogP contribution in [-0.2, 0) is 0 Å². The Morgan fingerprint density at radius 1 is 0.311 bits per heavy atom. The molecule has 0 atom stereocenters. The molecule has 0 fully saturated rings. The highest BCUT2D eigenvalue weighted by atomic mass is 15.0. The molecule has 3 nitrogen and oxygen atoms in total. The van der Waals surface area contributed by atoms with Crippen molar-refractivity contribution in [1.82, 2.24) is 14.5 Å². The number of nitrogens with zero attached hydrogens (tertiary/aromatic N) is 3. The molecule has 3 heteroatoms. The Hall–Kier alpha value is -8.14. The summed E-state index contributed by atoms with van der Waals surface area (Å²) in [4.78, 5) is 10.8. The van der Waals surface area contributed by atoms with E-state index < -0.39 is 0 Å². The smallest absolute Gasteiger partial charge is 0.160 e. The van der Waals surface area contributed by atoms with Gasteiger partial charge in [-0.3, -0.25) is 0 Å². The average molecular weight is 776 g/mol. The van der Waals surface area contributed by atoms with Crippen molar-refractivity contribution in [2.75, 3.05) is 0 Å². The Morgan fingerprint density at radius 2 is 0.836 bits per heavy atom. The number of hydrogen-bond donors (Lipinski definition) is 0. The van der Waals surface area contributed by atoms with E-state index in [0.717, 1.165) is 49.7 Å². The fourth-order valence-electron chi connectivity index (χ4n) is 9.30. The number of benzene rings is 10. The van der Waals surface area contributed by atoms with Crippen molar-refractivity contribution in [2.45, 2.75) is 0 Å². The van der Waals surface area contributed by atoms with Crippen LogP contribution in [0.25, 0.3) is 116 Å². The molecule has 284 valence electrons. The number of rotatable bonds is 6. The van der Waals surface area contributed by atoms with Gasteiger partial charge in [0.05, 0.1) is 22.2 Å². The molecule has 2 heterocycles. The summed E-state index contributed by atoms with van der Waals surface area (Å²) in [6.45, 7) is 0. The van der Waals surface area contributed by atoms with E-state index in [2.05, 4.69) is 229 Å². The number of fused-ring (bicyclic) bond motifs is 7. The first kappa shape index (κ1) is 34.9. The second-order valence-electron chi connectivity index (χ2n) is 15.7. The van der Waals surface area contributed by atoms with Gasteiger partial charge in [-0.1, -0.05) is 194 Å². The van der Waals surface area contributed by atoms with Gasteiger partial charge in [0.2, 0.25) is 0 Å². The fraction of sp³-hybridized carbons (Fsp3) is 0. The molecule has 10 aromatic carbocycles. The zero-order chi connectivity index (χ0) is 40.3. The lowest BCUT2D eigenvalue weighted by molar-refractivity contribution is 1.17. The highest BCUT2D eigenvalue weighted by Crippen LogP contribution is 2.40. The van der Waals surface area contributed by atoms with Crippen LogP contribution in [0.5, 0.6) is 0 Å². The normalized spacial score (nSPS) is 11.6. The molecule has 0 N–H and O–H groups in total. The van der Waals surface area contributed by atoms with Crippen LogP contribution in [0.4, 0.5) is 0 Å². The second-order valence-corrected chi connectivity index (χ2v) is 15.7. The minimum Gasteiger partial charge on any atom is -0.309 e.